The van der Waals surface area contributed by atoms with Crippen molar-refractivity contribution in [3.63, 3.8) is 0 Å². The Morgan fingerprint density at radius 3 is 2.75 bits per heavy atom. The number of aromatic nitrogens is 4. The van der Waals surface area contributed by atoms with Crippen molar-refractivity contribution >= 4 is 29.2 Å². The van der Waals surface area contributed by atoms with Gasteiger partial charge in [0.05, 0.1) is 13.5 Å². The van der Waals surface area contributed by atoms with E-state index in [-0.39, 0.29) is 5.91 Å². The molecule has 5 N–H and O–H groups in total. The Balaban J connectivity index is 1.36. The fourth-order valence-electron chi connectivity index (χ4n) is 2.92. The van der Waals surface area contributed by atoms with Gasteiger partial charge in [-0.3, -0.25) is 10.4 Å². The van der Waals surface area contributed by atoms with Gasteiger partial charge in [-0.25, -0.2) is 9.78 Å². The number of benzene rings is 1. The molecule has 2 heterocycles. The lowest BCUT2D eigenvalue weighted by atomic mass is 10.1. The molecule has 0 radical (unpaired) electrons. The second-order valence-electron chi connectivity index (χ2n) is 6.95. The highest BCUT2D eigenvalue weighted by Crippen LogP contribution is 2.39. The number of H-pyrrole nitrogens is 1. The smallest absolute Gasteiger partial charge is 0.310 e. The maximum Gasteiger partial charge on any atom is 0.310 e. The van der Waals surface area contributed by atoms with Gasteiger partial charge in [-0.2, -0.15) is 10.1 Å². The molecular formula is C20H24N7O+. The molecule has 3 aromatic rings. The topological polar surface area (TPSA) is 112 Å². The number of quaternary nitrogens is 1. The van der Waals surface area contributed by atoms with Crippen LogP contribution in [0.1, 0.15) is 36.4 Å². The van der Waals surface area contributed by atoms with Gasteiger partial charge in [0.25, 0.3) is 0 Å². The predicted octanol–water partition coefficient (Wildman–Crippen LogP) is 2.22. The van der Waals surface area contributed by atoms with Gasteiger partial charge in [0.1, 0.15) is 5.82 Å². The molecule has 0 aliphatic heterocycles. The van der Waals surface area contributed by atoms with Crippen LogP contribution in [-0.4, -0.2) is 33.1 Å². The van der Waals surface area contributed by atoms with Crippen molar-refractivity contribution < 1.29 is 10.1 Å². The number of nitrogens with two attached hydrogens (primary N) is 1. The first-order valence-corrected chi connectivity index (χ1v) is 9.53. The molecule has 8 heteroatoms. The van der Waals surface area contributed by atoms with E-state index in [1.165, 1.54) is 18.5 Å². The average molecular weight is 378 g/mol. The second-order valence-corrected chi connectivity index (χ2v) is 6.95. The van der Waals surface area contributed by atoms with Gasteiger partial charge in [0.15, 0.2) is 5.82 Å². The lowest BCUT2D eigenvalue weighted by Gasteiger charge is -2.08. The van der Waals surface area contributed by atoms with Crippen LogP contribution < -0.4 is 16.0 Å². The van der Waals surface area contributed by atoms with E-state index in [2.05, 4.69) is 30.8 Å². The van der Waals surface area contributed by atoms with E-state index in [1.54, 1.807) is 18.6 Å². The number of carbonyl (C=O) groups excluding carboxylic acids is 1. The van der Waals surface area contributed by atoms with Crippen molar-refractivity contribution in [3.05, 3.63) is 53.9 Å². The van der Waals surface area contributed by atoms with E-state index in [4.69, 9.17) is 0 Å². The van der Waals surface area contributed by atoms with Crippen LogP contribution in [0, 0.1) is 0 Å². The molecule has 1 aromatic carbocycles. The van der Waals surface area contributed by atoms with Gasteiger partial charge < -0.3 is 10.6 Å². The molecule has 1 aliphatic carbocycles. The molecule has 4 rings (SSSR count). The number of carbonyl (C=O) groups is 1. The number of primary amides is 1. The molecule has 0 bridgehead atoms. The summed E-state index contributed by atoms with van der Waals surface area (Å²) >= 11 is 0. The zero-order chi connectivity index (χ0) is 19.3. The molecule has 1 fully saturated rings. The molecule has 28 heavy (non-hydrogen) atoms. The molecule has 144 valence electrons. The van der Waals surface area contributed by atoms with Crippen molar-refractivity contribution in [2.24, 2.45) is 0 Å². The van der Waals surface area contributed by atoms with Crippen molar-refractivity contribution in [3.8, 4) is 0 Å². The first-order chi connectivity index (χ1) is 13.7. The number of amides is 1. The Morgan fingerprint density at radius 2 is 2.00 bits per heavy atom. The number of nitrogens with one attached hydrogen (secondary N) is 3. The second kappa shape index (κ2) is 8.18. The molecule has 0 unspecified atom stereocenters. The van der Waals surface area contributed by atoms with Crippen LogP contribution in [0.25, 0.3) is 0 Å². The number of hydrogen-bond donors (Lipinski definition) is 4. The van der Waals surface area contributed by atoms with Crippen LogP contribution >= 0.6 is 0 Å². The third kappa shape index (κ3) is 4.72. The predicted molar refractivity (Wildman–Crippen MR) is 107 cm³/mol. The van der Waals surface area contributed by atoms with E-state index < -0.39 is 0 Å². The van der Waals surface area contributed by atoms with Crippen LogP contribution in [0.4, 0.5) is 23.3 Å². The van der Waals surface area contributed by atoms with Crippen LogP contribution in [0.2, 0.25) is 0 Å². The summed E-state index contributed by atoms with van der Waals surface area (Å²) in [6.45, 7) is 0. The van der Waals surface area contributed by atoms with E-state index >= 15 is 0 Å². The Labute approximate surface area is 163 Å². The Bertz CT molecular complexity index is 947. The van der Waals surface area contributed by atoms with Crippen LogP contribution in [0.3, 0.4) is 0 Å². The summed E-state index contributed by atoms with van der Waals surface area (Å²) in [4.78, 5) is 20.2. The number of hydrogen-bond acceptors (Lipinski definition) is 6. The molecular weight excluding hydrogens is 354 g/mol. The highest BCUT2D eigenvalue weighted by molar-refractivity contribution is 5.65. The molecule has 1 aliphatic rings. The minimum Gasteiger partial charge on any atom is -0.324 e. The van der Waals surface area contributed by atoms with Crippen LogP contribution in [0.5, 0.6) is 0 Å². The highest BCUT2D eigenvalue weighted by Gasteiger charge is 2.25. The number of aromatic amines is 1. The SMILES string of the molecule is C[NH2+]C(=O)CCc1ccc(Nc2nccc(Nc3cc(C4CC4)[nH]n3)n2)cc1. The monoisotopic (exact) mass is 378 g/mol. The summed E-state index contributed by atoms with van der Waals surface area (Å²) in [5.74, 6) is 2.74. The van der Waals surface area contributed by atoms with Gasteiger partial charge in [0, 0.05) is 29.6 Å². The number of aryl methyl sites for hydroxylation is 1. The summed E-state index contributed by atoms with van der Waals surface area (Å²) in [6.07, 6.45) is 5.44. The van der Waals surface area contributed by atoms with Gasteiger partial charge >= 0.3 is 5.91 Å². The molecule has 0 spiro atoms. The van der Waals surface area contributed by atoms with Crippen LogP contribution in [-0.2, 0) is 11.2 Å². The third-order valence-corrected chi connectivity index (χ3v) is 4.72. The summed E-state index contributed by atoms with van der Waals surface area (Å²) in [5.41, 5.74) is 3.20. The summed E-state index contributed by atoms with van der Waals surface area (Å²) in [5, 5.41) is 15.4. The molecule has 8 nitrogen and oxygen atoms in total. The lowest BCUT2D eigenvalue weighted by molar-refractivity contribution is -0.539. The zero-order valence-corrected chi connectivity index (χ0v) is 15.8. The maximum atomic E-state index is 11.4. The van der Waals surface area contributed by atoms with E-state index in [9.17, 15) is 4.79 Å². The summed E-state index contributed by atoms with van der Waals surface area (Å²) in [7, 11) is 1.77. The van der Waals surface area contributed by atoms with E-state index in [0.717, 1.165) is 23.5 Å². The minimum absolute atomic E-state index is 0.168. The fourth-order valence-corrected chi connectivity index (χ4v) is 2.92. The third-order valence-electron chi connectivity index (χ3n) is 4.72. The van der Waals surface area contributed by atoms with E-state index in [0.29, 0.717) is 24.1 Å². The Morgan fingerprint density at radius 1 is 1.18 bits per heavy atom. The van der Waals surface area contributed by atoms with Crippen molar-refractivity contribution in [1.82, 2.24) is 20.2 Å². The first-order valence-electron chi connectivity index (χ1n) is 9.53. The fraction of sp³-hybridized carbons (Fsp3) is 0.300. The van der Waals surface area contributed by atoms with Gasteiger partial charge in [-0.15, -0.1) is 0 Å². The van der Waals surface area contributed by atoms with Crippen molar-refractivity contribution in [2.75, 3.05) is 17.7 Å². The van der Waals surface area contributed by atoms with Crippen molar-refractivity contribution in [2.45, 2.75) is 31.6 Å². The molecule has 1 saturated carbocycles. The zero-order valence-electron chi connectivity index (χ0n) is 15.8. The largest absolute Gasteiger partial charge is 0.324 e. The van der Waals surface area contributed by atoms with Gasteiger partial charge in [-0.05, 0) is 43.0 Å². The van der Waals surface area contributed by atoms with Crippen LogP contribution in [0.15, 0.2) is 42.6 Å². The first kappa shape index (κ1) is 18.1. The Kier molecular flexibility index (Phi) is 5.29. The summed E-state index contributed by atoms with van der Waals surface area (Å²) in [6, 6.07) is 11.8. The molecule has 0 atom stereocenters. The number of anilines is 4. The quantitative estimate of drug-likeness (QED) is 0.478. The average Bonchev–Trinajstić information content (AvgIpc) is 3.47. The lowest BCUT2D eigenvalue weighted by Crippen LogP contribution is -2.83. The number of rotatable bonds is 8. The Hall–Kier alpha value is -3.26. The van der Waals surface area contributed by atoms with E-state index in [1.807, 2.05) is 36.4 Å². The molecule has 2 aromatic heterocycles. The normalized spacial score (nSPS) is 13.3. The minimum atomic E-state index is 0.168. The van der Waals surface area contributed by atoms with Crippen molar-refractivity contribution in [1.29, 1.82) is 0 Å². The molecule has 1 amide bonds. The maximum absolute atomic E-state index is 11.4. The standard InChI is InChI=1S/C20H23N7O/c1-21-19(28)9-4-13-2-7-15(8-3-13)23-20-22-11-10-17(25-20)24-18-12-16(26-27-18)14-5-6-14/h2-3,7-8,10-12,14H,4-6,9H2,1H3,(H,21,28)(H3,22,23,24,25,26,27)/p+1. The van der Waals surface area contributed by atoms with Gasteiger partial charge in [0.2, 0.25) is 5.95 Å². The highest BCUT2D eigenvalue weighted by atomic mass is 16.1. The molecule has 0 saturated heterocycles. The van der Waals surface area contributed by atoms with Gasteiger partial charge in [-0.1, -0.05) is 12.1 Å². The summed E-state index contributed by atoms with van der Waals surface area (Å²) < 4.78 is 0. The number of nitrogens with zero attached hydrogens (tertiary/aromatic N) is 3.